The summed E-state index contributed by atoms with van der Waals surface area (Å²) >= 11 is 1.30. The lowest BCUT2D eigenvalue weighted by atomic mass is 10.2. The van der Waals surface area contributed by atoms with Crippen molar-refractivity contribution >= 4 is 43.4 Å². The molecule has 2 saturated heterocycles. The van der Waals surface area contributed by atoms with Gasteiger partial charge in [-0.15, -0.1) is 11.8 Å². The maximum Gasteiger partial charge on any atom is 0.255 e. The molecule has 1 atom stereocenters. The maximum atomic E-state index is 13.1. The molecule has 172 valence electrons. The van der Waals surface area contributed by atoms with Crippen molar-refractivity contribution in [1.82, 2.24) is 14.1 Å². The van der Waals surface area contributed by atoms with Gasteiger partial charge in [0.2, 0.25) is 15.9 Å². The molecule has 2 aliphatic heterocycles. The lowest BCUT2D eigenvalue weighted by molar-refractivity contribution is -0.125. The molecule has 2 heterocycles. The zero-order valence-corrected chi connectivity index (χ0v) is 20.0. The number of thioether (sulfide) groups is 1. The topological polar surface area (TPSA) is 112 Å². The molecular weight excluding hydrogens is 462 g/mol. The van der Waals surface area contributed by atoms with E-state index in [9.17, 15) is 26.4 Å². The summed E-state index contributed by atoms with van der Waals surface area (Å²) in [4.78, 5) is 28.8. The first-order chi connectivity index (χ1) is 14.5. The highest BCUT2D eigenvalue weighted by Gasteiger charge is 2.41. The number of hydrogen-bond donors (Lipinski definition) is 0. The minimum absolute atomic E-state index is 0.0556. The summed E-state index contributed by atoms with van der Waals surface area (Å²) in [7, 11) is -3.66. The van der Waals surface area contributed by atoms with Crippen molar-refractivity contribution < 1.29 is 26.4 Å². The minimum Gasteiger partial charge on any atom is -0.348 e. The molecule has 0 saturated carbocycles. The normalized spacial score (nSPS) is 21.7. The fourth-order valence-electron chi connectivity index (χ4n) is 3.56. The van der Waals surface area contributed by atoms with Crippen molar-refractivity contribution in [3.8, 4) is 0 Å². The van der Waals surface area contributed by atoms with E-state index in [1.807, 2.05) is 0 Å². The van der Waals surface area contributed by atoms with Crippen LogP contribution in [0.1, 0.15) is 16.8 Å². The Kier molecular flexibility index (Phi) is 7.34. The van der Waals surface area contributed by atoms with Crippen LogP contribution in [0.2, 0.25) is 0 Å². The summed E-state index contributed by atoms with van der Waals surface area (Å²) in [6.45, 7) is 0.735. The summed E-state index contributed by atoms with van der Waals surface area (Å²) in [5.41, 5.74) is 0.484. The molecule has 0 unspecified atom stereocenters. The molecular formula is C19H27N3O6S3. The molecule has 0 aromatic heterocycles. The third-order valence-corrected chi connectivity index (χ3v) is 10.8. The SMILES string of the molecule is CN(C)C(=O)CSc1ccccc1C(=O)N1CCN(S(=O)(=O)[C@@H]2CCS(=O)(=O)C2)CC1. The van der Waals surface area contributed by atoms with Crippen LogP contribution < -0.4 is 0 Å². The third kappa shape index (κ3) is 5.60. The number of carbonyl (C=O) groups excluding carboxylic acids is 2. The number of sulfonamides is 1. The van der Waals surface area contributed by atoms with Gasteiger partial charge in [-0.05, 0) is 18.6 Å². The first-order valence-corrected chi connectivity index (χ1v) is 14.2. The third-order valence-electron chi connectivity index (χ3n) is 5.47. The number of hydrogen-bond acceptors (Lipinski definition) is 7. The molecule has 0 N–H and O–H groups in total. The van der Waals surface area contributed by atoms with Crippen LogP contribution in [0, 0.1) is 0 Å². The largest absolute Gasteiger partial charge is 0.348 e. The predicted octanol–water partition coefficient (Wildman–Crippen LogP) is 0.142. The van der Waals surface area contributed by atoms with Gasteiger partial charge in [-0.25, -0.2) is 16.8 Å². The summed E-state index contributed by atoms with van der Waals surface area (Å²) < 4.78 is 50.2. The smallest absolute Gasteiger partial charge is 0.255 e. The van der Waals surface area contributed by atoms with Crippen molar-refractivity contribution in [2.75, 3.05) is 57.5 Å². The van der Waals surface area contributed by atoms with Crippen LogP contribution in [-0.4, -0.2) is 106 Å². The van der Waals surface area contributed by atoms with Crippen LogP contribution in [0.3, 0.4) is 0 Å². The summed E-state index contributed by atoms with van der Waals surface area (Å²) in [5.74, 6) is -0.473. The van der Waals surface area contributed by atoms with E-state index in [1.54, 1.807) is 43.3 Å². The van der Waals surface area contributed by atoms with Crippen LogP contribution >= 0.6 is 11.8 Å². The van der Waals surface area contributed by atoms with Gasteiger partial charge in [0.05, 0.1) is 28.1 Å². The van der Waals surface area contributed by atoms with Gasteiger partial charge in [0.1, 0.15) is 0 Å². The van der Waals surface area contributed by atoms with Crippen LogP contribution in [-0.2, 0) is 24.7 Å². The highest BCUT2D eigenvalue weighted by Crippen LogP contribution is 2.26. The second kappa shape index (κ2) is 9.47. The fraction of sp³-hybridized carbons (Fsp3) is 0.579. The van der Waals surface area contributed by atoms with E-state index in [4.69, 9.17) is 0 Å². The number of amides is 2. The molecule has 2 aliphatic rings. The van der Waals surface area contributed by atoms with Crippen molar-refractivity contribution in [2.24, 2.45) is 0 Å². The highest BCUT2D eigenvalue weighted by atomic mass is 32.2. The first kappa shape index (κ1) is 24.0. The van der Waals surface area contributed by atoms with Gasteiger partial charge >= 0.3 is 0 Å². The monoisotopic (exact) mass is 489 g/mol. The zero-order chi connectivity index (χ0) is 22.8. The van der Waals surface area contributed by atoms with Gasteiger partial charge in [-0.2, -0.15) is 4.31 Å². The molecule has 1 aromatic rings. The van der Waals surface area contributed by atoms with E-state index in [-0.39, 0.29) is 61.7 Å². The standard InChI is InChI=1S/C19H27N3O6S3/c1-20(2)18(23)13-29-17-6-4-3-5-16(17)19(24)21-8-10-22(11-9-21)31(27,28)15-7-12-30(25,26)14-15/h3-6,15H,7-14H2,1-2H3/t15-/m1/s1. The Hall–Kier alpha value is -1.63. The minimum atomic E-state index is -3.71. The molecule has 0 bridgehead atoms. The molecule has 12 heteroatoms. The Balaban J connectivity index is 1.64. The Morgan fingerprint density at radius 3 is 2.35 bits per heavy atom. The van der Waals surface area contributed by atoms with Crippen LogP contribution in [0.15, 0.2) is 29.2 Å². The zero-order valence-electron chi connectivity index (χ0n) is 17.6. The predicted molar refractivity (Wildman–Crippen MR) is 119 cm³/mol. The molecule has 2 amide bonds. The summed E-state index contributed by atoms with van der Waals surface area (Å²) in [6, 6.07) is 7.06. The number of carbonyl (C=O) groups is 2. The lowest BCUT2D eigenvalue weighted by Gasteiger charge is -2.35. The number of benzene rings is 1. The van der Waals surface area contributed by atoms with E-state index in [2.05, 4.69) is 0 Å². The van der Waals surface area contributed by atoms with Gasteiger partial charge in [-0.3, -0.25) is 9.59 Å². The van der Waals surface area contributed by atoms with Crippen LogP contribution in [0.5, 0.6) is 0 Å². The lowest BCUT2D eigenvalue weighted by Crippen LogP contribution is -2.52. The molecule has 1 aromatic carbocycles. The number of piperazine rings is 1. The fourth-order valence-corrected chi connectivity index (χ4v) is 9.10. The maximum absolute atomic E-state index is 13.1. The number of nitrogens with zero attached hydrogens (tertiary/aromatic N) is 3. The van der Waals surface area contributed by atoms with Gasteiger partial charge in [0, 0.05) is 45.2 Å². The quantitative estimate of drug-likeness (QED) is 0.523. The molecule has 0 radical (unpaired) electrons. The average Bonchev–Trinajstić information content (AvgIpc) is 3.12. The van der Waals surface area contributed by atoms with E-state index in [0.29, 0.717) is 10.5 Å². The van der Waals surface area contributed by atoms with E-state index in [0.717, 1.165) is 0 Å². The van der Waals surface area contributed by atoms with Crippen LogP contribution in [0.25, 0.3) is 0 Å². The van der Waals surface area contributed by atoms with E-state index >= 15 is 0 Å². The van der Waals surface area contributed by atoms with Crippen molar-refractivity contribution in [3.05, 3.63) is 29.8 Å². The number of rotatable bonds is 6. The van der Waals surface area contributed by atoms with Crippen molar-refractivity contribution in [2.45, 2.75) is 16.6 Å². The Morgan fingerprint density at radius 1 is 1.13 bits per heavy atom. The number of sulfone groups is 1. The highest BCUT2D eigenvalue weighted by molar-refractivity contribution is 8.00. The summed E-state index contributed by atoms with van der Waals surface area (Å²) in [6.07, 6.45) is 0.125. The average molecular weight is 490 g/mol. The van der Waals surface area contributed by atoms with E-state index < -0.39 is 25.1 Å². The molecule has 9 nitrogen and oxygen atoms in total. The Labute approximate surface area is 187 Å². The molecule has 0 spiro atoms. The molecule has 3 rings (SSSR count). The second-order valence-corrected chi connectivity index (χ2v) is 13.3. The Bertz CT molecular complexity index is 1050. The molecule has 31 heavy (non-hydrogen) atoms. The van der Waals surface area contributed by atoms with Crippen molar-refractivity contribution in [1.29, 1.82) is 0 Å². The van der Waals surface area contributed by atoms with E-state index in [1.165, 1.54) is 21.0 Å². The van der Waals surface area contributed by atoms with Crippen LogP contribution in [0.4, 0.5) is 0 Å². The first-order valence-electron chi connectivity index (χ1n) is 9.92. The summed E-state index contributed by atoms with van der Waals surface area (Å²) in [5, 5.41) is -0.897. The second-order valence-electron chi connectivity index (χ2n) is 7.83. The van der Waals surface area contributed by atoms with Gasteiger partial charge < -0.3 is 9.80 Å². The van der Waals surface area contributed by atoms with Gasteiger partial charge in [0.15, 0.2) is 9.84 Å². The Morgan fingerprint density at radius 2 is 1.77 bits per heavy atom. The van der Waals surface area contributed by atoms with Crippen molar-refractivity contribution in [3.63, 3.8) is 0 Å². The van der Waals surface area contributed by atoms with Gasteiger partial charge in [-0.1, -0.05) is 12.1 Å². The molecule has 2 fully saturated rings. The molecule has 0 aliphatic carbocycles. The van der Waals surface area contributed by atoms with Gasteiger partial charge in [0.25, 0.3) is 5.91 Å².